The second-order valence-electron chi connectivity index (χ2n) is 5.89. The summed E-state index contributed by atoms with van der Waals surface area (Å²) in [5, 5.41) is 8.95. The number of pyridine rings is 1. The quantitative estimate of drug-likeness (QED) is 0.819. The van der Waals surface area contributed by atoms with Crippen molar-refractivity contribution in [2.45, 2.75) is 33.2 Å². The van der Waals surface area contributed by atoms with Crippen molar-refractivity contribution in [2.75, 3.05) is 13.1 Å². The van der Waals surface area contributed by atoms with Crippen LogP contribution in [0.1, 0.15) is 32.3 Å². The summed E-state index contributed by atoms with van der Waals surface area (Å²) in [6.07, 6.45) is 5.57. The van der Waals surface area contributed by atoms with Crippen molar-refractivity contribution in [3.8, 4) is 6.07 Å². The second-order valence-corrected chi connectivity index (χ2v) is 5.89. The molecule has 0 aromatic carbocycles. The molecule has 0 bridgehead atoms. The zero-order chi connectivity index (χ0) is 13.0. The number of hydrogen-bond donors (Lipinski definition) is 0. The predicted octanol–water partition coefficient (Wildman–Crippen LogP) is 2.84. The van der Waals surface area contributed by atoms with Crippen LogP contribution in [0.4, 0.5) is 0 Å². The molecule has 18 heavy (non-hydrogen) atoms. The van der Waals surface area contributed by atoms with Crippen molar-refractivity contribution < 1.29 is 0 Å². The Morgan fingerprint density at radius 1 is 1.56 bits per heavy atom. The van der Waals surface area contributed by atoms with Crippen LogP contribution >= 0.6 is 0 Å². The maximum absolute atomic E-state index is 8.95. The lowest BCUT2D eigenvalue weighted by molar-refractivity contribution is 0.0582. The van der Waals surface area contributed by atoms with E-state index in [9.17, 15) is 0 Å². The van der Waals surface area contributed by atoms with E-state index in [1.165, 1.54) is 12.0 Å². The van der Waals surface area contributed by atoms with Crippen molar-refractivity contribution >= 4 is 0 Å². The van der Waals surface area contributed by atoms with Crippen molar-refractivity contribution in [2.24, 2.45) is 11.3 Å². The predicted molar refractivity (Wildman–Crippen MR) is 71.6 cm³/mol. The number of likely N-dealkylation sites (tertiary alicyclic amines) is 1. The largest absolute Gasteiger partial charge is 0.299 e. The third kappa shape index (κ3) is 3.08. The van der Waals surface area contributed by atoms with E-state index >= 15 is 0 Å². The molecule has 96 valence electrons. The lowest BCUT2D eigenvalue weighted by atomic mass is 9.72. The van der Waals surface area contributed by atoms with Gasteiger partial charge in [-0.1, -0.05) is 19.9 Å². The molecule has 3 heteroatoms. The summed E-state index contributed by atoms with van der Waals surface area (Å²) in [5.74, 6) is 0.480. The third-order valence-electron chi connectivity index (χ3n) is 4.12. The fourth-order valence-electron chi connectivity index (χ4n) is 2.64. The van der Waals surface area contributed by atoms with Gasteiger partial charge in [-0.15, -0.1) is 0 Å². The SMILES string of the molecule is CC1(C)CCN(Cc2cccnc2)CC1CC#N. The van der Waals surface area contributed by atoms with E-state index < -0.39 is 0 Å². The Kier molecular flexibility index (Phi) is 3.98. The number of nitrogens with zero attached hydrogens (tertiary/aromatic N) is 3. The maximum Gasteiger partial charge on any atom is 0.0625 e. The van der Waals surface area contributed by atoms with Crippen LogP contribution in [0, 0.1) is 22.7 Å². The second kappa shape index (κ2) is 5.49. The van der Waals surface area contributed by atoms with Crippen LogP contribution in [0.3, 0.4) is 0 Å². The lowest BCUT2D eigenvalue weighted by Crippen LogP contribution is -2.44. The van der Waals surface area contributed by atoms with Crippen molar-refractivity contribution in [3.05, 3.63) is 30.1 Å². The van der Waals surface area contributed by atoms with Crippen LogP contribution < -0.4 is 0 Å². The van der Waals surface area contributed by atoms with Gasteiger partial charge in [0.25, 0.3) is 0 Å². The van der Waals surface area contributed by atoms with Gasteiger partial charge in [-0.2, -0.15) is 5.26 Å². The Bertz CT molecular complexity index is 419. The van der Waals surface area contributed by atoms with Gasteiger partial charge in [0.2, 0.25) is 0 Å². The van der Waals surface area contributed by atoms with Crippen LogP contribution in [0.2, 0.25) is 0 Å². The summed E-state index contributed by atoms with van der Waals surface area (Å²) in [7, 11) is 0. The van der Waals surface area contributed by atoms with Gasteiger partial charge in [0, 0.05) is 31.9 Å². The molecule has 0 N–H and O–H groups in total. The Morgan fingerprint density at radius 3 is 3.06 bits per heavy atom. The molecule has 0 amide bonds. The molecule has 1 fully saturated rings. The molecule has 0 radical (unpaired) electrons. The topological polar surface area (TPSA) is 39.9 Å². The molecular formula is C15H21N3. The highest BCUT2D eigenvalue weighted by Crippen LogP contribution is 2.37. The molecule has 0 aliphatic carbocycles. The molecular weight excluding hydrogens is 222 g/mol. The minimum atomic E-state index is 0.293. The van der Waals surface area contributed by atoms with Crippen LogP contribution in [0.25, 0.3) is 0 Å². The Hall–Kier alpha value is -1.40. The van der Waals surface area contributed by atoms with Crippen molar-refractivity contribution in [1.82, 2.24) is 9.88 Å². The first kappa shape index (κ1) is 13.0. The van der Waals surface area contributed by atoms with Gasteiger partial charge in [-0.3, -0.25) is 9.88 Å². The molecule has 2 rings (SSSR count). The van der Waals surface area contributed by atoms with Crippen LogP contribution in [0.15, 0.2) is 24.5 Å². The summed E-state index contributed by atoms with van der Waals surface area (Å²) in [6.45, 7) is 7.66. The standard InChI is InChI=1S/C15H21N3/c1-15(2)6-9-18(12-14(15)5-7-16)11-13-4-3-8-17-10-13/h3-4,8,10,14H,5-6,9,11-12H2,1-2H3. The van der Waals surface area contributed by atoms with E-state index in [1.54, 1.807) is 6.20 Å². The number of hydrogen-bond acceptors (Lipinski definition) is 3. The van der Waals surface area contributed by atoms with E-state index in [1.807, 2.05) is 12.3 Å². The van der Waals surface area contributed by atoms with Crippen LogP contribution in [-0.4, -0.2) is 23.0 Å². The number of aromatic nitrogens is 1. The van der Waals surface area contributed by atoms with E-state index in [-0.39, 0.29) is 0 Å². The van der Waals surface area contributed by atoms with Gasteiger partial charge >= 0.3 is 0 Å². The average Bonchev–Trinajstić information content (AvgIpc) is 2.35. The normalized spacial score (nSPS) is 23.5. The van der Waals surface area contributed by atoms with Crippen molar-refractivity contribution in [3.63, 3.8) is 0 Å². The van der Waals surface area contributed by atoms with E-state index in [0.717, 1.165) is 19.6 Å². The van der Waals surface area contributed by atoms with E-state index in [0.29, 0.717) is 17.8 Å². The molecule has 0 saturated carbocycles. The van der Waals surface area contributed by atoms with Crippen LogP contribution in [-0.2, 0) is 6.54 Å². The van der Waals surface area contributed by atoms with Gasteiger partial charge in [0.05, 0.1) is 6.07 Å². The molecule has 1 aromatic rings. The summed E-state index contributed by atoms with van der Waals surface area (Å²) in [4.78, 5) is 6.60. The highest BCUT2D eigenvalue weighted by Gasteiger charge is 2.35. The van der Waals surface area contributed by atoms with E-state index in [4.69, 9.17) is 5.26 Å². The molecule has 1 atom stereocenters. The Balaban J connectivity index is 1.99. The van der Waals surface area contributed by atoms with Gasteiger partial charge < -0.3 is 0 Å². The first-order valence-electron chi connectivity index (χ1n) is 6.60. The lowest BCUT2D eigenvalue weighted by Gasteiger charge is -2.43. The number of piperidine rings is 1. The molecule has 2 heterocycles. The highest BCUT2D eigenvalue weighted by molar-refractivity contribution is 5.08. The molecule has 1 aliphatic heterocycles. The minimum absolute atomic E-state index is 0.293. The first-order valence-corrected chi connectivity index (χ1v) is 6.60. The fraction of sp³-hybridized carbons (Fsp3) is 0.600. The molecule has 1 unspecified atom stereocenters. The fourth-order valence-corrected chi connectivity index (χ4v) is 2.64. The number of nitriles is 1. The van der Waals surface area contributed by atoms with Gasteiger partial charge in [-0.05, 0) is 35.9 Å². The van der Waals surface area contributed by atoms with Gasteiger partial charge in [0.1, 0.15) is 0 Å². The van der Waals surface area contributed by atoms with E-state index in [2.05, 4.69) is 35.9 Å². The zero-order valence-electron chi connectivity index (χ0n) is 11.3. The smallest absolute Gasteiger partial charge is 0.0625 e. The third-order valence-corrected chi connectivity index (χ3v) is 4.12. The monoisotopic (exact) mass is 243 g/mol. The molecule has 1 saturated heterocycles. The minimum Gasteiger partial charge on any atom is -0.299 e. The Morgan fingerprint density at radius 2 is 2.39 bits per heavy atom. The maximum atomic E-state index is 8.95. The molecule has 0 spiro atoms. The molecule has 3 nitrogen and oxygen atoms in total. The van der Waals surface area contributed by atoms with Gasteiger partial charge in [-0.25, -0.2) is 0 Å². The van der Waals surface area contributed by atoms with Crippen molar-refractivity contribution in [1.29, 1.82) is 5.26 Å². The zero-order valence-corrected chi connectivity index (χ0v) is 11.3. The Labute approximate surface area is 109 Å². The number of rotatable bonds is 3. The summed E-state index contributed by atoms with van der Waals surface area (Å²) >= 11 is 0. The van der Waals surface area contributed by atoms with Crippen LogP contribution in [0.5, 0.6) is 0 Å². The first-order chi connectivity index (χ1) is 8.62. The van der Waals surface area contributed by atoms with Gasteiger partial charge in [0.15, 0.2) is 0 Å². The summed E-state index contributed by atoms with van der Waals surface area (Å²) in [5.41, 5.74) is 1.55. The highest BCUT2D eigenvalue weighted by atomic mass is 15.1. The summed E-state index contributed by atoms with van der Waals surface area (Å²) < 4.78 is 0. The molecule has 1 aliphatic rings. The molecule has 1 aromatic heterocycles. The summed E-state index contributed by atoms with van der Waals surface area (Å²) in [6, 6.07) is 6.44. The average molecular weight is 243 g/mol.